The summed E-state index contributed by atoms with van der Waals surface area (Å²) in [4.78, 5) is 15.6. The van der Waals surface area contributed by atoms with Gasteiger partial charge in [-0.1, -0.05) is 60.7 Å². The van der Waals surface area contributed by atoms with Gasteiger partial charge in [0.25, 0.3) is 0 Å². The monoisotopic (exact) mass is 729 g/mol. The normalized spacial score (nSPS) is 17.2. The van der Waals surface area contributed by atoms with Crippen LogP contribution in [0.5, 0.6) is 11.5 Å². The summed E-state index contributed by atoms with van der Waals surface area (Å²) in [6, 6.07) is 26.7. The van der Waals surface area contributed by atoms with Gasteiger partial charge < -0.3 is 19.1 Å². The molecule has 4 rings (SSSR count). The molecule has 1 amide bonds. The van der Waals surface area contributed by atoms with Crippen LogP contribution in [0.15, 0.2) is 78.9 Å². The summed E-state index contributed by atoms with van der Waals surface area (Å²) in [6.07, 6.45) is 6.56. The van der Waals surface area contributed by atoms with Crippen LogP contribution in [0.1, 0.15) is 76.5 Å². The number of benzene rings is 3. The number of rotatable bonds is 19. The SMILES string of the molecule is C#CCCCC(=O)N1C[C@H](OP(=O)(OCCC#N)N(C(C)C)C(C)C)C[C@H]1COC(c1ccccc1)(c1ccccc1)c1ccc(OC)cc1OC. The van der Waals surface area contributed by atoms with E-state index >= 15 is 0 Å². The third-order valence-corrected chi connectivity index (χ3v) is 11.7. The van der Waals surface area contributed by atoms with Crippen LogP contribution in [0.25, 0.3) is 0 Å². The molecule has 1 unspecified atom stereocenters. The molecule has 10 nitrogen and oxygen atoms in total. The van der Waals surface area contributed by atoms with Crippen LogP contribution in [-0.2, 0) is 28.7 Å². The van der Waals surface area contributed by atoms with Crippen molar-refractivity contribution in [1.29, 1.82) is 5.26 Å². The number of amides is 1. The summed E-state index contributed by atoms with van der Waals surface area (Å²) in [6.45, 7) is 7.96. The van der Waals surface area contributed by atoms with Crippen LogP contribution >= 0.6 is 7.75 Å². The maximum atomic E-state index is 14.6. The molecule has 3 aromatic rings. The molecular formula is C41H52N3O7P. The van der Waals surface area contributed by atoms with Gasteiger partial charge in [-0.05, 0) is 63.8 Å². The Bertz CT molecular complexity index is 1670. The van der Waals surface area contributed by atoms with E-state index < -0.39 is 25.5 Å². The second-order valence-corrected chi connectivity index (χ2v) is 15.2. The lowest BCUT2D eigenvalue weighted by atomic mass is 9.79. The topological polar surface area (TPSA) is 111 Å². The summed E-state index contributed by atoms with van der Waals surface area (Å²) in [5.41, 5.74) is 1.31. The average molecular weight is 730 g/mol. The lowest BCUT2D eigenvalue weighted by molar-refractivity contribution is -0.134. The third-order valence-electron chi connectivity index (χ3n) is 9.14. The Hall–Kier alpha value is -4.15. The van der Waals surface area contributed by atoms with Crippen molar-refractivity contribution in [3.05, 3.63) is 95.6 Å². The number of terminal acetylenes is 1. The predicted molar refractivity (Wildman–Crippen MR) is 202 cm³/mol. The van der Waals surface area contributed by atoms with E-state index in [-0.39, 0.29) is 50.6 Å². The largest absolute Gasteiger partial charge is 0.497 e. The van der Waals surface area contributed by atoms with Gasteiger partial charge in [-0.25, -0.2) is 9.24 Å². The van der Waals surface area contributed by atoms with Crippen LogP contribution < -0.4 is 9.47 Å². The van der Waals surface area contributed by atoms with E-state index in [0.717, 1.165) is 16.7 Å². The van der Waals surface area contributed by atoms with Crippen molar-refractivity contribution in [2.24, 2.45) is 0 Å². The van der Waals surface area contributed by atoms with E-state index in [4.69, 9.17) is 29.7 Å². The first-order valence-corrected chi connectivity index (χ1v) is 19.3. The molecule has 278 valence electrons. The summed E-state index contributed by atoms with van der Waals surface area (Å²) in [5.74, 6) is 3.73. The van der Waals surface area contributed by atoms with Crippen LogP contribution in [0.2, 0.25) is 0 Å². The number of hydrogen-bond acceptors (Lipinski definition) is 8. The Morgan fingerprint density at radius 1 is 0.981 bits per heavy atom. The number of methoxy groups -OCH3 is 2. The maximum absolute atomic E-state index is 14.6. The highest BCUT2D eigenvalue weighted by Gasteiger charge is 2.46. The van der Waals surface area contributed by atoms with E-state index in [1.807, 2.05) is 107 Å². The van der Waals surface area contributed by atoms with Gasteiger partial charge in [0.1, 0.15) is 17.1 Å². The molecule has 1 fully saturated rings. The first kappa shape index (κ1) is 40.6. The molecule has 1 saturated heterocycles. The summed E-state index contributed by atoms with van der Waals surface area (Å²) < 4.78 is 47.4. The molecule has 3 aromatic carbocycles. The molecule has 0 aliphatic carbocycles. The van der Waals surface area contributed by atoms with Crippen molar-refractivity contribution < 1.29 is 32.6 Å². The smallest absolute Gasteiger partial charge is 0.409 e. The molecule has 1 aliphatic rings. The lowest BCUT2D eigenvalue weighted by Crippen LogP contribution is -2.42. The lowest BCUT2D eigenvalue weighted by Gasteiger charge is -2.38. The number of carbonyl (C=O) groups is 1. The van der Waals surface area contributed by atoms with Gasteiger partial charge in [0, 0.05) is 43.1 Å². The number of carbonyl (C=O) groups excluding carboxylic acids is 1. The number of ether oxygens (including phenoxy) is 3. The number of nitrogens with zero attached hydrogens (tertiary/aromatic N) is 3. The van der Waals surface area contributed by atoms with Crippen molar-refractivity contribution >= 4 is 13.7 Å². The molecule has 0 bridgehead atoms. The van der Waals surface area contributed by atoms with Gasteiger partial charge in [-0.3, -0.25) is 13.8 Å². The summed E-state index contributed by atoms with van der Waals surface area (Å²) in [7, 11) is -0.674. The fourth-order valence-corrected chi connectivity index (χ4v) is 9.27. The van der Waals surface area contributed by atoms with Gasteiger partial charge in [-0.15, -0.1) is 12.3 Å². The molecule has 1 heterocycles. The highest BCUT2D eigenvalue weighted by Crippen LogP contribution is 2.56. The molecule has 52 heavy (non-hydrogen) atoms. The van der Waals surface area contributed by atoms with E-state index in [0.29, 0.717) is 30.8 Å². The van der Waals surface area contributed by atoms with E-state index in [1.165, 1.54) is 0 Å². The summed E-state index contributed by atoms with van der Waals surface area (Å²) in [5, 5.41) is 9.20. The molecule has 0 N–H and O–H groups in total. The second-order valence-electron chi connectivity index (χ2n) is 13.3. The first-order chi connectivity index (χ1) is 25.0. The minimum absolute atomic E-state index is 0.0436. The van der Waals surface area contributed by atoms with Gasteiger partial charge in [-0.2, -0.15) is 5.26 Å². The number of unbranched alkanes of at least 4 members (excludes halogenated alkanes) is 1. The quantitative estimate of drug-likeness (QED) is 0.0525. The Labute approximate surface area is 309 Å². The van der Waals surface area contributed by atoms with Crippen LogP contribution in [0.4, 0.5) is 0 Å². The molecule has 0 radical (unpaired) electrons. The van der Waals surface area contributed by atoms with Gasteiger partial charge in [0.05, 0.1) is 52.1 Å². The van der Waals surface area contributed by atoms with Crippen LogP contribution in [-0.4, -0.2) is 73.7 Å². The molecule has 0 spiro atoms. The van der Waals surface area contributed by atoms with E-state index in [1.54, 1.807) is 23.8 Å². The zero-order chi connectivity index (χ0) is 37.7. The third kappa shape index (κ3) is 9.44. The van der Waals surface area contributed by atoms with Crippen molar-refractivity contribution in [3.8, 4) is 29.9 Å². The van der Waals surface area contributed by atoms with Crippen molar-refractivity contribution in [2.75, 3.05) is 34.0 Å². The summed E-state index contributed by atoms with van der Waals surface area (Å²) >= 11 is 0. The first-order valence-electron chi connectivity index (χ1n) is 17.8. The molecule has 0 aromatic heterocycles. The van der Waals surface area contributed by atoms with Crippen LogP contribution in [0.3, 0.4) is 0 Å². The van der Waals surface area contributed by atoms with Crippen molar-refractivity contribution in [3.63, 3.8) is 0 Å². The molecule has 3 atom stereocenters. The fourth-order valence-electron chi connectivity index (χ4n) is 6.99. The maximum Gasteiger partial charge on any atom is 0.409 e. The number of likely N-dealkylation sites (tertiary alicyclic amines) is 1. The van der Waals surface area contributed by atoms with E-state index in [9.17, 15) is 14.6 Å². The zero-order valence-electron chi connectivity index (χ0n) is 31.2. The highest BCUT2D eigenvalue weighted by molar-refractivity contribution is 7.51. The standard InChI is InChI=1S/C41H52N3O7P/c1-8-9-12-22-40(45)43-29-37(51-52(46,50-26-17-25-42)44(31(2)3)32(4)5)27-35(43)30-49-41(33-18-13-10-14-19-33,34-20-15-11-16-21-34)38-24-23-36(47-6)28-39(38)48-7/h1,10-11,13-16,18-21,23-24,28,31-32,35,37H,9,12,17,22,26-27,29-30H2,2-7H3/t35-,37+,52?/m0/s1. The number of hydrogen-bond donors (Lipinski definition) is 0. The zero-order valence-corrected chi connectivity index (χ0v) is 32.1. The second kappa shape index (κ2) is 19.1. The Balaban J connectivity index is 1.79. The molecular weight excluding hydrogens is 677 g/mol. The Morgan fingerprint density at radius 2 is 1.62 bits per heavy atom. The Kier molecular flexibility index (Phi) is 14.9. The minimum Gasteiger partial charge on any atom is -0.497 e. The van der Waals surface area contributed by atoms with Gasteiger partial charge in [0.2, 0.25) is 5.91 Å². The molecule has 11 heteroatoms. The fraction of sp³-hybridized carbons (Fsp3) is 0.463. The average Bonchev–Trinajstić information content (AvgIpc) is 3.54. The minimum atomic E-state index is -3.89. The predicted octanol–water partition coefficient (Wildman–Crippen LogP) is 7.96. The number of nitriles is 1. The van der Waals surface area contributed by atoms with Crippen LogP contribution in [0, 0.1) is 23.7 Å². The van der Waals surface area contributed by atoms with Crippen molar-refractivity contribution in [2.45, 2.75) is 89.6 Å². The van der Waals surface area contributed by atoms with Crippen molar-refractivity contribution in [1.82, 2.24) is 9.57 Å². The highest BCUT2D eigenvalue weighted by atomic mass is 31.2. The Morgan fingerprint density at radius 3 is 2.15 bits per heavy atom. The van der Waals surface area contributed by atoms with Gasteiger partial charge in [0.15, 0.2) is 0 Å². The van der Waals surface area contributed by atoms with E-state index in [2.05, 4.69) is 12.0 Å². The molecule has 1 aliphatic heterocycles. The molecule has 0 saturated carbocycles. The van der Waals surface area contributed by atoms with Gasteiger partial charge >= 0.3 is 7.75 Å².